The molecule has 0 heterocycles. The third kappa shape index (κ3) is 40.0. The Morgan fingerprint density at radius 1 is 0.692 bits per heavy atom. The zero-order valence-electron chi connectivity index (χ0n) is 17.0. The Labute approximate surface area is 192 Å². The summed E-state index contributed by atoms with van der Waals surface area (Å²) in [4.78, 5) is 0. The molecule has 0 unspecified atom stereocenters. The average molecular weight is 519 g/mol. The summed E-state index contributed by atoms with van der Waals surface area (Å²) in [6.45, 7) is 13.1. The van der Waals surface area contributed by atoms with Crippen LogP contribution < -0.4 is 0 Å². The van der Waals surface area contributed by atoms with E-state index in [9.17, 15) is 0 Å². The predicted molar refractivity (Wildman–Crippen MR) is 124 cm³/mol. The third-order valence-electron chi connectivity index (χ3n) is 2.66. The molecule has 0 aliphatic rings. The zero-order valence-corrected chi connectivity index (χ0v) is 22.8. The zero-order chi connectivity index (χ0) is 21.1. The minimum atomic E-state index is 1.20. The normalized spacial score (nSPS) is 7.69. The molecule has 154 valence electrons. The van der Waals surface area contributed by atoms with Gasteiger partial charge in [-0.3, -0.25) is 0 Å². The molecule has 0 amide bonds. The second-order valence-electron chi connectivity index (χ2n) is 4.84. The molecule has 26 heavy (non-hydrogen) atoms. The Bertz CT molecular complexity index is 338. The summed E-state index contributed by atoms with van der Waals surface area (Å²) >= 11 is 4.82. The molecule has 0 saturated carbocycles. The molecule has 0 aromatic heterocycles. The van der Waals surface area contributed by atoms with Crippen molar-refractivity contribution in [3.63, 3.8) is 0 Å². The first-order valence-electron chi connectivity index (χ1n) is 8.68. The Morgan fingerprint density at radius 2 is 0.962 bits per heavy atom. The van der Waals surface area contributed by atoms with Crippen molar-refractivity contribution in [2.24, 2.45) is 0 Å². The minimum absolute atomic E-state index is 1.20. The van der Waals surface area contributed by atoms with E-state index in [0.717, 1.165) is 0 Å². The topological polar surface area (TPSA) is 0 Å². The molecular weight excluding hydrogens is 483 g/mol. The first kappa shape index (κ1) is 34.7. The molecule has 6 heteroatoms. The van der Waals surface area contributed by atoms with Crippen molar-refractivity contribution in [2.75, 3.05) is 24.6 Å². The standard InChI is InChI=1S/2C6H7.2C4H11P.2ClH.2Mn/c2*1-6-4-2-3-5-6;2*1-3-5-4-2;;;;/h2*2-5H,1H3;2*5H,3-4H2,1-2H3;2*1H;;/q2*-1;;;;;2*+2/p-2. The fourth-order valence-electron chi connectivity index (χ4n) is 1.44. The molecular formula is C20H36Cl2Mn2P2. The first-order chi connectivity index (χ1) is 12.6. The molecule has 2 aromatic rings. The van der Waals surface area contributed by atoms with Gasteiger partial charge in [-0.1, -0.05) is 41.5 Å². The number of rotatable bonds is 4. The Balaban J connectivity index is -0.000000117. The Morgan fingerprint density at radius 3 is 1.00 bits per heavy atom. The summed E-state index contributed by atoms with van der Waals surface area (Å²) < 4.78 is 0. The number of hydrogen-bond acceptors (Lipinski definition) is 0. The summed E-state index contributed by atoms with van der Waals surface area (Å²) in [5.41, 5.74) is 2.69. The molecule has 2 rings (SSSR count). The summed E-state index contributed by atoms with van der Waals surface area (Å²) in [6, 6.07) is 16.5. The van der Waals surface area contributed by atoms with Crippen LogP contribution in [-0.2, 0) is 30.2 Å². The third-order valence-corrected chi connectivity index (χ3v) is 4.66. The van der Waals surface area contributed by atoms with E-state index < -0.39 is 0 Å². The van der Waals surface area contributed by atoms with E-state index in [1.165, 1.54) is 52.9 Å². The van der Waals surface area contributed by atoms with Gasteiger partial charge in [0.25, 0.3) is 0 Å². The quantitative estimate of drug-likeness (QED) is 0.217. The molecule has 0 N–H and O–H groups in total. The van der Waals surface area contributed by atoms with Crippen molar-refractivity contribution in [3.05, 3.63) is 59.7 Å². The van der Waals surface area contributed by atoms with E-state index in [4.69, 9.17) is 0 Å². The van der Waals surface area contributed by atoms with Crippen molar-refractivity contribution >= 4 is 37.4 Å². The molecule has 0 atom stereocenters. The molecule has 0 radical (unpaired) electrons. The van der Waals surface area contributed by atoms with Crippen LogP contribution in [0, 0.1) is 13.8 Å². The van der Waals surface area contributed by atoms with Gasteiger partial charge in [0, 0.05) is 0 Å². The van der Waals surface area contributed by atoms with Crippen LogP contribution in [0.3, 0.4) is 0 Å². The fraction of sp³-hybridized carbons (Fsp3) is 0.500. The Kier molecular flexibility index (Phi) is 49.3. The van der Waals surface area contributed by atoms with E-state index in [1.54, 1.807) is 0 Å². The van der Waals surface area contributed by atoms with Crippen molar-refractivity contribution in [3.8, 4) is 0 Å². The first-order valence-corrected chi connectivity index (χ1v) is 14.8. The van der Waals surface area contributed by atoms with Crippen LogP contribution in [0.1, 0.15) is 38.8 Å². The van der Waals surface area contributed by atoms with Crippen LogP contribution in [0.4, 0.5) is 0 Å². The monoisotopic (exact) mass is 518 g/mol. The maximum atomic E-state index is 4.45. The van der Waals surface area contributed by atoms with Gasteiger partial charge in [0.05, 0.1) is 0 Å². The molecule has 0 spiro atoms. The summed E-state index contributed by atoms with van der Waals surface area (Å²) in [6.07, 6.45) is 5.49. The number of halogens is 2. The SMILES string of the molecule is CCPCC.CCPCC.Cc1ccc[cH-]1.Cc1ccc[cH-]1.[Cl][Mn+].[Cl][Mn+]. The second kappa shape index (κ2) is 37.0. The average Bonchev–Trinajstić information content (AvgIpc) is 3.35. The van der Waals surface area contributed by atoms with Crippen LogP contribution in [0.5, 0.6) is 0 Å². The van der Waals surface area contributed by atoms with E-state index in [0.29, 0.717) is 0 Å². The van der Waals surface area contributed by atoms with E-state index in [2.05, 4.69) is 116 Å². The van der Waals surface area contributed by atoms with Crippen LogP contribution in [-0.4, -0.2) is 24.6 Å². The van der Waals surface area contributed by atoms with E-state index in [-0.39, 0.29) is 0 Å². The van der Waals surface area contributed by atoms with Gasteiger partial charge in [-0.25, -0.2) is 24.3 Å². The summed E-state index contributed by atoms with van der Waals surface area (Å²) in [5.74, 6) is 0. The van der Waals surface area contributed by atoms with Gasteiger partial charge in [0.1, 0.15) is 0 Å². The van der Waals surface area contributed by atoms with Crippen LogP contribution in [0.2, 0.25) is 0 Å². The summed E-state index contributed by atoms with van der Waals surface area (Å²) in [5, 5.41) is 0. The Hall–Kier alpha value is 1.18. The van der Waals surface area contributed by atoms with E-state index >= 15 is 0 Å². The van der Waals surface area contributed by atoms with Gasteiger partial charge in [0.15, 0.2) is 0 Å². The van der Waals surface area contributed by atoms with Crippen molar-refractivity contribution in [1.29, 1.82) is 0 Å². The van der Waals surface area contributed by atoms with Gasteiger partial charge in [0.2, 0.25) is 0 Å². The maximum absolute atomic E-state index is 4.45. The molecule has 0 saturated heterocycles. The molecule has 2 aromatic carbocycles. The fourth-order valence-corrected chi connectivity index (χ4v) is 2.44. The molecule has 0 bridgehead atoms. The van der Waals surface area contributed by atoms with Gasteiger partial charge < -0.3 is 0 Å². The molecule has 0 aliphatic carbocycles. The predicted octanol–water partition coefficient (Wildman–Crippen LogP) is 8.21. The van der Waals surface area contributed by atoms with Gasteiger partial charge in [-0.2, -0.15) is 35.4 Å². The van der Waals surface area contributed by atoms with Crippen LogP contribution in [0.15, 0.2) is 48.5 Å². The number of hydrogen-bond donors (Lipinski definition) is 0. The van der Waals surface area contributed by atoms with Crippen LogP contribution in [0.25, 0.3) is 0 Å². The van der Waals surface area contributed by atoms with Crippen molar-refractivity contribution in [2.45, 2.75) is 41.5 Å². The second-order valence-corrected chi connectivity index (χ2v) is 8.67. The van der Waals surface area contributed by atoms with Gasteiger partial charge >= 0.3 is 50.4 Å². The van der Waals surface area contributed by atoms with Crippen molar-refractivity contribution in [1.82, 2.24) is 0 Å². The van der Waals surface area contributed by atoms with E-state index in [1.807, 2.05) is 24.3 Å². The van der Waals surface area contributed by atoms with Gasteiger partial charge in [-0.15, -0.1) is 17.2 Å². The van der Waals surface area contributed by atoms with Gasteiger partial charge in [-0.05, 0) is 24.6 Å². The number of aryl methyl sites for hydroxylation is 2. The molecule has 0 aliphatic heterocycles. The molecule has 0 fully saturated rings. The van der Waals surface area contributed by atoms with Crippen LogP contribution >= 0.6 is 37.4 Å². The molecule has 0 nitrogen and oxygen atoms in total. The van der Waals surface area contributed by atoms with Crippen molar-refractivity contribution < 1.29 is 30.2 Å². The summed E-state index contributed by atoms with van der Waals surface area (Å²) in [7, 11) is 11.3.